The highest BCUT2D eigenvalue weighted by atomic mass is 19.1. The molecular weight excluding hydrogens is 239 g/mol. The minimum absolute atomic E-state index is 0.233. The summed E-state index contributed by atoms with van der Waals surface area (Å²) in [5.41, 5.74) is 2.66. The molecule has 0 bridgehead atoms. The van der Waals surface area contributed by atoms with Crippen molar-refractivity contribution in [1.82, 2.24) is 10.2 Å². The van der Waals surface area contributed by atoms with Gasteiger partial charge in [-0.3, -0.25) is 4.90 Å². The highest BCUT2D eigenvalue weighted by Gasteiger charge is 2.08. The lowest BCUT2D eigenvalue weighted by molar-refractivity contribution is 0.464. The molecule has 1 aliphatic heterocycles. The number of halogens is 1. The fraction of sp³-hybridized carbons (Fsp3) is 0.375. The van der Waals surface area contributed by atoms with Gasteiger partial charge in [0.05, 0.1) is 12.1 Å². The van der Waals surface area contributed by atoms with Gasteiger partial charge in [0.1, 0.15) is 5.82 Å². The van der Waals surface area contributed by atoms with Crippen LogP contribution >= 0.6 is 0 Å². The molecule has 1 aliphatic rings. The van der Waals surface area contributed by atoms with E-state index in [-0.39, 0.29) is 5.82 Å². The Bertz CT molecular complexity index is 535. The van der Waals surface area contributed by atoms with Crippen LogP contribution in [0.2, 0.25) is 0 Å². The van der Waals surface area contributed by atoms with Crippen LogP contribution in [0.25, 0.3) is 5.57 Å². The predicted molar refractivity (Wildman–Crippen MR) is 77.3 cm³/mol. The summed E-state index contributed by atoms with van der Waals surface area (Å²) in [5.74, 6) is 5.60. The first kappa shape index (κ1) is 13.8. The molecule has 0 fully saturated rings. The normalized spacial score (nSPS) is 14.8. The lowest BCUT2D eigenvalue weighted by atomic mass is 9.99. The van der Waals surface area contributed by atoms with Crippen molar-refractivity contribution in [3.8, 4) is 11.8 Å². The Hall–Kier alpha value is -1.63. The summed E-state index contributed by atoms with van der Waals surface area (Å²) >= 11 is 0. The van der Waals surface area contributed by atoms with E-state index in [4.69, 9.17) is 0 Å². The Labute approximate surface area is 114 Å². The highest BCUT2D eigenvalue weighted by molar-refractivity contribution is 5.67. The van der Waals surface area contributed by atoms with Crippen molar-refractivity contribution < 1.29 is 4.39 Å². The van der Waals surface area contributed by atoms with E-state index in [0.717, 1.165) is 25.1 Å². The van der Waals surface area contributed by atoms with Gasteiger partial charge in [0, 0.05) is 6.54 Å². The zero-order valence-corrected chi connectivity index (χ0v) is 11.5. The van der Waals surface area contributed by atoms with Crippen LogP contribution < -0.4 is 5.32 Å². The molecule has 0 saturated carbocycles. The summed E-state index contributed by atoms with van der Waals surface area (Å²) in [6.45, 7) is 2.46. The van der Waals surface area contributed by atoms with Crippen LogP contribution in [-0.4, -0.2) is 38.6 Å². The van der Waals surface area contributed by atoms with Crippen molar-refractivity contribution >= 4 is 5.57 Å². The first-order chi connectivity index (χ1) is 9.16. The van der Waals surface area contributed by atoms with Gasteiger partial charge in [-0.2, -0.15) is 0 Å². The topological polar surface area (TPSA) is 15.3 Å². The fourth-order valence-corrected chi connectivity index (χ4v) is 1.99. The Morgan fingerprint density at radius 2 is 2.21 bits per heavy atom. The van der Waals surface area contributed by atoms with E-state index in [1.54, 1.807) is 12.1 Å². The minimum Gasteiger partial charge on any atom is -0.313 e. The maximum absolute atomic E-state index is 14.0. The van der Waals surface area contributed by atoms with Crippen molar-refractivity contribution in [1.29, 1.82) is 0 Å². The fourth-order valence-electron chi connectivity index (χ4n) is 1.99. The molecule has 100 valence electrons. The molecule has 1 aromatic carbocycles. The Balaban J connectivity index is 2.16. The molecule has 1 aromatic rings. The molecule has 19 heavy (non-hydrogen) atoms. The zero-order chi connectivity index (χ0) is 13.7. The summed E-state index contributed by atoms with van der Waals surface area (Å²) in [6.07, 6.45) is 3.07. The van der Waals surface area contributed by atoms with E-state index < -0.39 is 0 Å². The Morgan fingerprint density at radius 3 is 2.84 bits per heavy atom. The van der Waals surface area contributed by atoms with Crippen molar-refractivity contribution in [3.05, 3.63) is 41.2 Å². The molecule has 1 heterocycles. The second-order valence-electron chi connectivity index (χ2n) is 4.92. The molecule has 2 nitrogen and oxygen atoms in total. The average Bonchev–Trinajstić information content (AvgIpc) is 2.41. The first-order valence-electron chi connectivity index (χ1n) is 6.50. The molecule has 0 atom stereocenters. The second kappa shape index (κ2) is 6.51. The summed E-state index contributed by atoms with van der Waals surface area (Å²) in [7, 11) is 3.88. The van der Waals surface area contributed by atoms with Gasteiger partial charge >= 0.3 is 0 Å². The third kappa shape index (κ3) is 3.92. The van der Waals surface area contributed by atoms with Gasteiger partial charge < -0.3 is 5.32 Å². The van der Waals surface area contributed by atoms with Gasteiger partial charge in [0.15, 0.2) is 0 Å². The van der Waals surface area contributed by atoms with Gasteiger partial charge in [-0.1, -0.05) is 24.0 Å². The minimum atomic E-state index is -0.233. The molecule has 0 aliphatic carbocycles. The van der Waals surface area contributed by atoms with Gasteiger partial charge in [0.2, 0.25) is 0 Å². The van der Waals surface area contributed by atoms with Gasteiger partial charge in [0.25, 0.3) is 0 Å². The third-order valence-electron chi connectivity index (χ3n) is 3.02. The second-order valence-corrected chi connectivity index (χ2v) is 4.92. The highest BCUT2D eigenvalue weighted by Crippen LogP contribution is 2.21. The van der Waals surface area contributed by atoms with Crippen molar-refractivity contribution in [3.63, 3.8) is 0 Å². The van der Waals surface area contributed by atoms with Crippen LogP contribution in [0.15, 0.2) is 24.3 Å². The van der Waals surface area contributed by atoms with Crippen molar-refractivity contribution in [2.45, 2.75) is 6.42 Å². The SMILES string of the molecule is CN(C)CC#Cc1ccc(C2=CCNCC2)cc1F. The largest absolute Gasteiger partial charge is 0.313 e. The van der Waals surface area contributed by atoms with Crippen molar-refractivity contribution in [2.75, 3.05) is 33.7 Å². The molecule has 0 unspecified atom stereocenters. The quantitative estimate of drug-likeness (QED) is 0.817. The maximum atomic E-state index is 14.0. The van der Waals surface area contributed by atoms with E-state index in [2.05, 4.69) is 23.2 Å². The predicted octanol–water partition coefficient (Wildman–Crippen LogP) is 2.12. The van der Waals surface area contributed by atoms with Crippen LogP contribution in [0.5, 0.6) is 0 Å². The van der Waals surface area contributed by atoms with E-state index >= 15 is 0 Å². The van der Waals surface area contributed by atoms with Crippen LogP contribution in [0.3, 0.4) is 0 Å². The number of rotatable bonds is 2. The molecule has 0 radical (unpaired) electrons. The molecule has 0 amide bonds. The summed E-state index contributed by atoms with van der Waals surface area (Å²) < 4.78 is 14.0. The van der Waals surface area contributed by atoms with Crippen LogP contribution in [-0.2, 0) is 0 Å². The summed E-state index contributed by atoms with van der Waals surface area (Å²) in [4.78, 5) is 1.96. The standard InChI is InChI=1S/C16H19FN2/c1-19(2)11-3-4-14-5-6-15(12-16(14)17)13-7-9-18-10-8-13/h5-7,12,18H,8-11H2,1-2H3. The molecule has 0 aromatic heterocycles. The summed E-state index contributed by atoms with van der Waals surface area (Å²) in [6, 6.07) is 5.33. The zero-order valence-electron chi connectivity index (χ0n) is 11.5. The maximum Gasteiger partial charge on any atom is 0.139 e. The Morgan fingerprint density at radius 1 is 1.37 bits per heavy atom. The molecule has 2 rings (SSSR count). The molecule has 0 spiro atoms. The van der Waals surface area contributed by atoms with E-state index in [0.29, 0.717) is 12.1 Å². The van der Waals surface area contributed by atoms with Gasteiger partial charge in [-0.05, 0) is 50.3 Å². The molecule has 0 saturated heterocycles. The number of nitrogens with zero attached hydrogens (tertiary/aromatic N) is 1. The number of nitrogens with one attached hydrogen (secondary N) is 1. The first-order valence-corrected chi connectivity index (χ1v) is 6.50. The molecule has 1 N–H and O–H groups in total. The average molecular weight is 258 g/mol. The monoisotopic (exact) mass is 258 g/mol. The number of hydrogen-bond acceptors (Lipinski definition) is 2. The summed E-state index contributed by atoms with van der Waals surface area (Å²) in [5, 5.41) is 3.25. The van der Waals surface area contributed by atoms with Crippen LogP contribution in [0.1, 0.15) is 17.5 Å². The lowest BCUT2D eigenvalue weighted by Gasteiger charge is -2.14. The Kier molecular flexibility index (Phi) is 4.73. The molecular formula is C16H19FN2. The third-order valence-corrected chi connectivity index (χ3v) is 3.02. The number of hydrogen-bond donors (Lipinski definition) is 1. The van der Waals surface area contributed by atoms with Gasteiger partial charge in [-0.25, -0.2) is 4.39 Å². The van der Waals surface area contributed by atoms with Gasteiger partial charge in [-0.15, -0.1) is 0 Å². The van der Waals surface area contributed by atoms with E-state index in [1.807, 2.05) is 25.1 Å². The number of benzene rings is 1. The molecule has 3 heteroatoms. The van der Waals surface area contributed by atoms with E-state index in [1.165, 1.54) is 5.57 Å². The smallest absolute Gasteiger partial charge is 0.139 e. The lowest BCUT2D eigenvalue weighted by Crippen LogP contribution is -2.20. The van der Waals surface area contributed by atoms with Crippen LogP contribution in [0, 0.1) is 17.7 Å². The van der Waals surface area contributed by atoms with E-state index in [9.17, 15) is 4.39 Å². The van der Waals surface area contributed by atoms with Crippen LogP contribution in [0.4, 0.5) is 4.39 Å². The van der Waals surface area contributed by atoms with Crippen molar-refractivity contribution in [2.24, 2.45) is 0 Å².